The number of ketones is 1. The Labute approximate surface area is 179 Å². The van der Waals surface area contributed by atoms with Crippen LogP contribution in [0.1, 0.15) is 35.7 Å². The minimum Gasteiger partial charge on any atom is -0.457 e. The van der Waals surface area contributed by atoms with Crippen LogP contribution in [0.15, 0.2) is 60.7 Å². The van der Waals surface area contributed by atoms with Crippen LogP contribution in [0, 0.1) is 11.8 Å². The number of carbonyl (C=O) groups is 1. The lowest BCUT2D eigenvalue weighted by Crippen LogP contribution is -2.45. The first-order chi connectivity index (χ1) is 14.8. The Morgan fingerprint density at radius 2 is 1.84 bits per heavy atom. The van der Waals surface area contributed by atoms with Gasteiger partial charge in [0.25, 0.3) is 0 Å². The third kappa shape index (κ3) is 4.90. The lowest BCUT2D eigenvalue weighted by molar-refractivity contribution is -0.137. The molecule has 0 radical (unpaired) electrons. The van der Waals surface area contributed by atoms with Crippen LogP contribution in [-0.4, -0.2) is 18.9 Å². The average molecular weight is 427 g/mol. The molecule has 1 heterocycles. The maximum atomic E-state index is 12.7. The first-order valence-electron chi connectivity index (χ1n) is 10.4. The fourth-order valence-electron chi connectivity index (χ4n) is 3.81. The van der Waals surface area contributed by atoms with Gasteiger partial charge < -0.3 is 10.1 Å². The van der Waals surface area contributed by atoms with Crippen LogP contribution in [0.3, 0.4) is 0 Å². The highest BCUT2D eigenvalue weighted by atomic mass is 19.4. The Morgan fingerprint density at radius 1 is 1.10 bits per heavy atom. The molecule has 0 aromatic heterocycles. The van der Waals surface area contributed by atoms with Gasteiger partial charge in [0.05, 0.1) is 5.56 Å². The summed E-state index contributed by atoms with van der Waals surface area (Å²) >= 11 is 0. The lowest BCUT2D eigenvalue weighted by Gasteiger charge is -2.32. The van der Waals surface area contributed by atoms with E-state index < -0.39 is 11.7 Å². The van der Waals surface area contributed by atoms with Crippen LogP contribution < -0.4 is 10.1 Å². The highest BCUT2D eigenvalue weighted by molar-refractivity contribution is 6.01. The number of Topliss-reactive ketones (excluding diaryl/α,β-unsaturated/α-hetero) is 1. The minimum atomic E-state index is -4.38. The van der Waals surface area contributed by atoms with E-state index in [1.54, 1.807) is 12.1 Å². The quantitative estimate of drug-likeness (QED) is 0.439. The van der Waals surface area contributed by atoms with Crippen LogP contribution in [0.2, 0.25) is 0 Å². The zero-order valence-corrected chi connectivity index (χ0v) is 17.2. The summed E-state index contributed by atoms with van der Waals surface area (Å²) < 4.78 is 44.1. The molecule has 1 fully saturated rings. The molecule has 0 amide bonds. The summed E-state index contributed by atoms with van der Waals surface area (Å²) in [6.07, 6.45) is -2.99. The molecule has 31 heavy (non-hydrogen) atoms. The van der Waals surface area contributed by atoms with Crippen molar-refractivity contribution in [3.63, 3.8) is 0 Å². The number of halogens is 3. The minimum absolute atomic E-state index is 0.120. The molecule has 0 bridgehead atoms. The van der Waals surface area contributed by atoms with Crippen molar-refractivity contribution in [1.29, 1.82) is 0 Å². The van der Waals surface area contributed by atoms with Crippen LogP contribution in [0.5, 0.6) is 11.5 Å². The molecule has 162 valence electrons. The van der Waals surface area contributed by atoms with Gasteiger partial charge in [-0.3, -0.25) is 4.79 Å². The molecule has 0 saturated carbocycles. The van der Waals surface area contributed by atoms with E-state index in [1.165, 1.54) is 12.1 Å². The van der Waals surface area contributed by atoms with Gasteiger partial charge in [-0.25, -0.2) is 0 Å². The number of ether oxygens (including phenoxy) is 1. The smallest absolute Gasteiger partial charge is 0.416 e. The monoisotopic (exact) mass is 427 g/mol. The van der Waals surface area contributed by atoms with E-state index in [0.717, 1.165) is 42.4 Å². The van der Waals surface area contributed by atoms with E-state index in [9.17, 15) is 18.0 Å². The summed E-state index contributed by atoms with van der Waals surface area (Å²) in [6, 6.07) is 15.5. The first-order valence-corrected chi connectivity index (χ1v) is 10.4. The van der Waals surface area contributed by atoms with Gasteiger partial charge in [-0.05, 0) is 79.2 Å². The molecule has 3 aromatic rings. The van der Waals surface area contributed by atoms with Crippen molar-refractivity contribution in [3.8, 4) is 11.5 Å². The molecular weight excluding hydrogens is 403 g/mol. The molecule has 0 aliphatic carbocycles. The van der Waals surface area contributed by atoms with E-state index in [2.05, 4.69) is 12.2 Å². The second-order valence-corrected chi connectivity index (χ2v) is 8.17. The molecule has 0 unspecified atom stereocenters. The second kappa shape index (κ2) is 8.71. The molecule has 3 nitrogen and oxygen atoms in total. The third-order valence-electron chi connectivity index (χ3n) is 6.02. The SMILES string of the molecule is C[C@@H](CCC(=O)c1ccc2c(Oc3ccc(C(F)(F)F)cc3)cccc2c1)C1CNC1. The summed E-state index contributed by atoms with van der Waals surface area (Å²) in [5.41, 5.74) is -0.0538. The lowest BCUT2D eigenvalue weighted by atomic mass is 9.85. The van der Waals surface area contributed by atoms with E-state index in [0.29, 0.717) is 35.3 Å². The largest absolute Gasteiger partial charge is 0.457 e. The summed E-state index contributed by atoms with van der Waals surface area (Å²) in [5.74, 6) is 2.15. The molecule has 4 rings (SSSR count). The van der Waals surface area contributed by atoms with E-state index in [4.69, 9.17) is 4.74 Å². The first kappa shape index (κ1) is 21.4. The van der Waals surface area contributed by atoms with Crippen LogP contribution >= 0.6 is 0 Å². The molecule has 1 aliphatic rings. The molecule has 1 aliphatic heterocycles. The van der Waals surface area contributed by atoms with Crippen LogP contribution in [-0.2, 0) is 6.18 Å². The van der Waals surface area contributed by atoms with Gasteiger partial charge in [0, 0.05) is 17.4 Å². The Balaban J connectivity index is 1.48. The Kier molecular flexibility index (Phi) is 6.01. The fraction of sp³-hybridized carbons (Fsp3) is 0.320. The van der Waals surface area contributed by atoms with Gasteiger partial charge in [0.15, 0.2) is 5.78 Å². The summed E-state index contributed by atoms with van der Waals surface area (Å²) in [7, 11) is 0. The van der Waals surface area contributed by atoms with Crippen molar-refractivity contribution < 1.29 is 22.7 Å². The van der Waals surface area contributed by atoms with Crippen molar-refractivity contribution in [2.24, 2.45) is 11.8 Å². The number of benzene rings is 3. The number of hydrogen-bond donors (Lipinski definition) is 1. The van der Waals surface area contributed by atoms with E-state index in [-0.39, 0.29) is 5.78 Å². The van der Waals surface area contributed by atoms with Crippen molar-refractivity contribution in [1.82, 2.24) is 5.32 Å². The zero-order chi connectivity index (χ0) is 22.0. The number of fused-ring (bicyclic) bond motifs is 1. The molecule has 3 aromatic carbocycles. The van der Waals surface area contributed by atoms with Crippen molar-refractivity contribution in [2.75, 3.05) is 13.1 Å². The maximum absolute atomic E-state index is 12.7. The summed E-state index contributed by atoms with van der Waals surface area (Å²) in [6.45, 7) is 4.27. The van der Waals surface area contributed by atoms with E-state index >= 15 is 0 Å². The van der Waals surface area contributed by atoms with Gasteiger partial charge in [0.1, 0.15) is 11.5 Å². The van der Waals surface area contributed by atoms with Gasteiger partial charge in [-0.2, -0.15) is 13.2 Å². The van der Waals surface area contributed by atoms with Crippen molar-refractivity contribution in [3.05, 3.63) is 71.8 Å². The average Bonchev–Trinajstić information content (AvgIpc) is 2.70. The predicted molar refractivity (Wildman–Crippen MR) is 115 cm³/mol. The van der Waals surface area contributed by atoms with Crippen LogP contribution in [0.4, 0.5) is 13.2 Å². The highest BCUT2D eigenvalue weighted by Crippen LogP contribution is 2.34. The number of rotatable bonds is 7. The molecular formula is C25H24F3NO2. The third-order valence-corrected chi connectivity index (χ3v) is 6.02. The predicted octanol–water partition coefficient (Wildman–Crippen LogP) is 6.47. The maximum Gasteiger partial charge on any atom is 0.416 e. The molecule has 0 spiro atoms. The normalized spacial score (nSPS) is 15.5. The second-order valence-electron chi connectivity index (χ2n) is 8.17. The Morgan fingerprint density at radius 3 is 2.48 bits per heavy atom. The van der Waals surface area contributed by atoms with Crippen molar-refractivity contribution in [2.45, 2.75) is 25.9 Å². The number of carbonyl (C=O) groups excluding carboxylic acids is 1. The standard InChI is InChI=1S/C25H24F3NO2/c1-16(19-14-29-15-19)5-12-23(30)18-6-11-22-17(13-18)3-2-4-24(22)31-21-9-7-20(8-10-21)25(26,27)28/h2-4,6-11,13,16,19,29H,5,12,14-15H2,1H3/t16-/m0/s1. The summed E-state index contributed by atoms with van der Waals surface area (Å²) in [4.78, 5) is 12.7. The van der Waals surface area contributed by atoms with Gasteiger partial charge in [0.2, 0.25) is 0 Å². The molecule has 1 atom stereocenters. The van der Waals surface area contributed by atoms with E-state index in [1.807, 2.05) is 24.3 Å². The fourth-order valence-corrected chi connectivity index (χ4v) is 3.81. The molecule has 1 saturated heterocycles. The topological polar surface area (TPSA) is 38.3 Å². The zero-order valence-electron chi connectivity index (χ0n) is 17.2. The van der Waals surface area contributed by atoms with Gasteiger partial charge in [-0.1, -0.05) is 25.1 Å². The highest BCUT2D eigenvalue weighted by Gasteiger charge is 2.30. The van der Waals surface area contributed by atoms with Gasteiger partial charge >= 0.3 is 6.18 Å². The van der Waals surface area contributed by atoms with Crippen molar-refractivity contribution >= 4 is 16.6 Å². The Bertz CT molecular complexity index is 1070. The van der Waals surface area contributed by atoms with Gasteiger partial charge in [-0.15, -0.1) is 0 Å². The number of nitrogens with one attached hydrogen (secondary N) is 1. The number of alkyl halides is 3. The molecule has 6 heteroatoms. The molecule has 1 N–H and O–H groups in total. The number of hydrogen-bond acceptors (Lipinski definition) is 3. The summed E-state index contributed by atoms with van der Waals surface area (Å²) in [5, 5.41) is 4.92. The van der Waals surface area contributed by atoms with Crippen LogP contribution in [0.25, 0.3) is 10.8 Å². The Hall–Kier alpha value is -2.86.